The zero-order valence-electron chi connectivity index (χ0n) is 9.71. The van der Waals surface area contributed by atoms with Gasteiger partial charge in [0, 0.05) is 0 Å². The van der Waals surface area contributed by atoms with E-state index in [0.29, 0.717) is 17.3 Å². The number of aliphatic imine (C=N–C) groups is 1. The van der Waals surface area contributed by atoms with Gasteiger partial charge in [0.05, 0.1) is 11.5 Å². The summed E-state index contributed by atoms with van der Waals surface area (Å²) < 4.78 is 5.27. The van der Waals surface area contributed by atoms with Crippen molar-refractivity contribution in [2.24, 2.45) is 10.7 Å². The second-order valence-corrected chi connectivity index (χ2v) is 4.59. The summed E-state index contributed by atoms with van der Waals surface area (Å²) in [5.74, 6) is 0.111. The highest BCUT2D eigenvalue weighted by Gasteiger charge is 2.19. The summed E-state index contributed by atoms with van der Waals surface area (Å²) in [6.45, 7) is 2.28. The van der Waals surface area contributed by atoms with Crippen molar-refractivity contribution in [1.29, 1.82) is 0 Å². The Kier molecular flexibility index (Phi) is 3.57. The molecule has 1 aromatic carbocycles. The second kappa shape index (κ2) is 5.14. The average molecular weight is 264 g/mol. The van der Waals surface area contributed by atoms with Gasteiger partial charge in [0.2, 0.25) is 0 Å². The fraction of sp³-hybridized carbons (Fsp3) is 0.167. The van der Waals surface area contributed by atoms with Gasteiger partial charge in [0.25, 0.3) is 5.91 Å². The van der Waals surface area contributed by atoms with E-state index in [0.717, 1.165) is 17.3 Å². The topological polar surface area (TPSA) is 84.9 Å². The van der Waals surface area contributed by atoms with Gasteiger partial charge in [-0.1, -0.05) is 6.07 Å². The van der Waals surface area contributed by atoms with Gasteiger partial charge < -0.3 is 15.6 Å². The van der Waals surface area contributed by atoms with Crippen LogP contribution in [0.25, 0.3) is 6.08 Å². The van der Waals surface area contributed by atoms with Crippen molar-refractivity contribution in [3.05, 3.63) is 28.7 Å². The van der Waals surface area contributed by atoms with Crippen LogP contribution in [0.4, 0.5) is 0 Å². The number of phenols is 1. The molecule has 0 saturated carbocycles. The first-order chi connectivity index (χ1) is 8.60. The molecule has 1 amide bonds. The Labute approximate surface area is 108 Å². The third-order valence-electron chi connectivity index (χ3n) is 2.22. The van der Waals surface area contributed by atoms with Crippen LogP contribution in [0.5, 0.6) is 11.5 Å². The molecule has 0 aliphatic carbocycles. The molecule has 0 unspecified atom stereocenters. The van der Waals surface area contributed by atoms with Crippen molar-refractivity contribution in [3.8, 4) is 11.5 Å². The Morgan fingerprint density at radius 2 is 2.33 bits per heavy atom. The maximum atomic E-state index is 11.4. The standard InChI is InChI=1S/C12H12N2O3S/c1-2-17-9-5-7(3-4-8(9)15)6-10-11(16)14-12(13)18-10/h3-6,15H,2H2,1H3,(H2,13,14,16). The zero-order valence-corrected chi connectivity index (χ0v) is 10.5. The summed E-state index contributed by atoms with van der Waals surface area (Å²) in [7, 11) is 0. The molecule has 0 fully saturated rings. The van der Waals surface area contributed by atoms with Crippen LogP contribution >= 0.6 is 11.8 Å². The van der Waals surface area contributed by atoms with Crippen molar-refractivity contribution in [1.82, 2.24) is 0 Å². The summed E-state index contributed by atoms with van der Waals surface area (Å²) in [5, 5.41) is 9.81. The molecule has 94 valence electrons. The molecule has 1 aliphatic rings. The number of hydrogen-bond donors (Lipinski definition) is 2. The van der Waals surface area contributed by atoms with E-state index in [4.69, 9.17) is 10.5 Å². The first kappa shape index (κ1) is 12.5. The highest BCUT2D eigenvalue weighted by molar-refractivity contribution is 8.18. The molecule has 0 spiro atoms. The molecule has 0 atom stereocenters. The normalized spacial score (nSPS) is 17.1. The molecule has 0 saturated heterocycles. The number of aromatic hydroxyl groups is 1. The quantitative estimate of drug-likeness (QED) is 0.812. The summed E-state index contributed by atoms with van der Waals surface area (Å²) in [6, 6.07) is 4.87. The maximum Gasteiger partial charge on any atom is 0.286 e. The van der Waals surface area contributed by atoms with Crippen LogP contribution in [-0.2, 0) is 4.79 Å². The van der Waals surface area contributed by atoms with Gasteiger partial charge in [-0.25, -0.2) is 0 Å². The van der Waals surface area contributed by atoms with Crippen LogP contribution in [0, 0.1) is 0 Å². The third-order valence-corrected chi connectivity index (χ3v) is 3.03. The Hall–Kier alpha value is -1.95. The number of benzene rings is 1. The van der Waals surface area contributed by atoms with Gasteiger partial charge in [-0.2, -0.15) is 4.99 Å². The van der Waals surface area contributed by atoms with Crippen molar-refractivity contribution in [2.75, 3.05) is 6.61 Å². The third kappa shape index (κ3) is 2.65. The molecule has 0 aromatic heterocycles. The van der Waals surface area contributed by atoms with E-state index in [1.807, 2.05) is 6.92 Å². The molecule has 1 aliphatic heterocycles. The minimum absolute atomic E-state index is 0.0696. The van der Waals surface area contributed by atoms with E-state index in [2.05, 4.69) is 4.99 Å². The first-order valence-electron chi connectivity index (χ1n) is 5.34. The number of amidine groups is 1. The molecule has 0 bridgehead atoms. The lowest BCUT2D eigenvalue weighted by Crippen LogP contribution is -2.01. The molecule has 1 aromatic rings. The molecule has 6 heteroatoms. The highest BCUT2D eigenvalue weighted by Crippen LogP contribution is 2.30. The Morgan fingerprint density at radius 3 is 2.94 bits per heavy atom. The number of amides is 1. The number of phenolic OH excluding ortho intramolecular Hbond substituents is 1. The molecule has 2 rings (SSSR count). The number of ether oxygens (including phenoxy) is 1. The maximum absolute atomic E-state index is 11.4. The van der Waals surface area contributed by atoms with Crippen molar-refractivity contribution in [3.63, 3.8) is 0 Å². The Morgan fingerprint density at radius 1 is 1.56 bits per heavy atom. The molecular formula is C12H12N2O3S. The predicted molar refractivity (Wildman–Crippen MR) is 71.5 cm³/mol. The molecule has 5 nitrogen and oxygen atoms in total. The second-order valence-electron chi connectivity index (χ2n) is 3.53. The van der Waals surface area contributed by atoms with Gasteiger partial charge in [-0.3, -0.25) is 4.79 Å². The number of carbonyl (C=O) groups excluding carboxylic acids is 1. The molecule has 0 radical (unpaired) electrons. The Bertz CT molecular complexity index is 552. The lowest BCUT2D eigenvalue weighted by atomic mass is 10.2. The summed E-state index contributed by atoms with van der Waals surface area (Å²) >= 11 is 1.13. The van der Waals surface area contributed by atoms with Crippen LogP contribution in [0.3, 0.4) is 0 Å². The van der Waals surface area contributed by atoms with E-state index in [-0.39, 0.29) is 16.8 Å². The number of rotatable bonds is 3. The van der Waals surface area contributed by atoms with Gasteiger partial charge in [0.1, 0.15) is 0 Å². The fourth-order valence-corrected chi connectivity index (χ4v) is 2.15. The van der Waals surface area contributed by atoms with Crippen molar-refractivity contribution < 1.29 is 14.6 Å². The van der Waals surface area contributed by atoms with Crippen LogP contribution < -0.4 is 10.5 Å². The average Bonchev–Trinajstić information content (AvgIpc) is 2.62. The largest absolute Gasteiger partial charge is 0.504 e. The monoisotopic (exact) mass is 264 g/mol. The summed E-state index contributed by atoms with van der Waals surface area (Å²) in [5.41, 5.74) is 6.20. The number of thioether (sulfide) groups is 1. The fourth-order valence-electron chi connectivity index (χ4n) is 1.47. The zero-order chi connectivity index (χ0) is 13.1. The Balaban J connectivity index is 2.28. The van der Waals surface area contributed by atoms with Gasteiger partial charge >= 0.3 is 0 Å². The van der Waals surface area contributed by atoms with Crippen LogP contribution in [-0.4, -0.2) is 22.8 Å². The van der Waals surface area contributed by atoms with Gasteiger partial charge in [0.15, 0.2) is 16.7 Å². The number of nitrogens with zero attached hydrogens (tertiary/aromatic N) is 1. The van der Waals surface area contributed by atoms with E-state index in [9.17, 15) is 9.90 Å². The summed E-state index contributed by atoms with van der Waals surface area (Å²) in [6.07, 6.45) is 1.66. The lowest BCUT2D eigenvalue weighted by molar-refractivity contribution is -0.113. The highest BCUT2D eigenvalue weighted by atomic mass is 32.2. The predicted octanol–water partition coefficient (Wildman–Crippen LogP) is 1.72. The van der Waals surface area contributed by atoms with Crippen LogP contribution in [0.1, 0.15) is 12.5 Å². The number of hydrogen-bond acceptors (Lipinski definition) is 5. The minimum atomic E-state index is -0.344. The summed E-state index contributed by atoms with van der Waals surface area (Å²) in [4.78, 5) is 15.5. The molecular weight excluding hydrogens is 252 g/mol. The number of nitrogens with two attached hydrogens (primary N) is 1. The van der Waals surface area contributed by atoms with E-state index < -0.39 is 0 Å². The van der Waals surface area contributed by atoms with Crippen molar-refractivity contribution >= 4 is 28.9 Å². The van der Waals surface area contributed by atoms with E-state index in [1.54, 1.807) is 18.2 Å². The first-order valence-corrected chi connectivity index (χ1v) is 6.15. The van der Waals surface area contributed by atoms with Crippen molar-refractivity contribution in [2.45, 2.75) is 6.92 Å². The lowest BCUT2D eigenvalue weighted by Gasteiger charge is -2.06. The van der Waals surface area contributed by atoms with Gasteiger partial charge in [-0.15, -0.1) is 0 Å². The molecule has 18 heavy (non-hydrogen) atoms. The van der Waals surface area contributed by atoms with E-state index in [1.165, 1.54) is 6.07 Å². The van der Waals surface area contributed by atoms with E-state index >= 15 is 0 Å². The molecule has 3 N–H and O–H groups in total. The smallest absolute Gasteiger partial charge is 0.286 e. The van der Waals surface area contributed by atoms with Gasteiger partial charge in [-0.05, 0) is 42.5 Å². The molecule has 1 heterocycles. The number of carbonyl (C=O) groups is 1. The SMILES string of the molecule is CCOc1cc(C=C2SC(N)=NC2=O)ccc1O. The van der Waals surface area contributed by atoms with Crippen LogP contribution in [0.15, 0.2) is 28.1 Å². The van der Waals surface area contributed by atoms with Crippen LogP contribution in [0.2, 0.25) is 0 Å². The minimum Gasteiger partial charge on any atom is -0.504 e.